The summed E-state index contributed by atoms with van der Waals surface area (Å²) in [6, 6.07) is 18.0. The summed E-state index contributed by atoms with van der Waals surface area (Å²) in [5, 5.41) is 20.3. The lowest BCUT2D eigenvalue weighted by Gasteiger charge is -2.37. The second kappa shape index (κ2) is 15.5. The lowest BCUT2D eigenvalue weighted by atomic mass is 9.72. The van der Waals surface area contributed by atoms with Gasteiger partial charge in [-0.25, -0.2) is 14.5 Å². The molecule has 10 heteroatoms. The number of rotatable bonds is 7. The third-order valence-electron chi connectivity index (χ3n) is 10.6. The maximum absolute atomic E-state index is 13.4. The Kier molecular flexibility index (Phi) is 10.8. The fourth-order valence-electron chi connectivity index (χ4n) is 8.08. The van der Waals surface area contributed by atoms with E-state index in [1.165, 1.54) is 0 Å². The van der Waals surface area contributed by atoms with E-state index in [9.17, 15) is 20.1 Å². The van der Waals surface area contributed by atoms with Crippen LogP contribution in [-0.4, -0.2) is 47.9 Å². The molecule has 0 spiro atoms. The average molecular weight is 721 g/mol. The van der Waals surface area contributed by atoms with E-state index in [1.807, 2.05) is 6.07 Å². The number of esters is 2. The first-order valence-electron chi connectivity index (χ1n) is 18.5. The first kappa shape index (κ1) is 37.7. The van der Waals surface area contributed by atoms with Crippen molar-refractivity contribution in [1.82, 2.24) is 9.80 Å². The summed E-state index contributed by atoms with van der Waals surface area (Å²) in [5.41, 5.74) is 4.38. The number of benzene rings is 2. The maximum Gasteiger partial charge on any atom is 0.354 e. The first-order valence-corrected chi connectivity index (χ1v) is 18.5. The highest BCUT2D eigenvalue weighted by molar-refractivity contribution is 5.96. The smallest absolute Gasteiger partial charge is 0.354 e. The molecule has 2 saturated heterocycles. The van der Waals surface area contributed by atoms with Gasteiger partial charge in [-0.3, -0.25) is 4.79 Å². The minimum Gasteiger partial charge on any atom is -0.431 e. The molecular weight excluding hydrogens is 677 g/mol. The maximum atomic E-state index is 13.4. The van der Waals surface area contributed by atoms with Crippen molar-refractivity contribution < 1.29 is 19.1 Å². The molecule has 6 rings (SSSR count). The molecule has 0 N–H and O–H groups in total. The van der Waals surface area contributed by atoms with E-state index in [0.717, 1.165) is 80.8 Å². The Labute approximate surface area is 317 Å². The molecule has 2 heterocycles. The Morgan fingerprint density at radius 2 is 1.15 bits per heavy atom. The molecule has 0 amide bonds. The molecular formula is C44H44N6O4. The van der Waals surface area contributed by atoms with Gasteiger partial charge < -0.3 is 19.3 Å². The van der Waals surface area contributed by atoms with E-state index in [2.05, 4.69) is 53.3 Å². The van der Waals surface area contributed by atoms with Crippen molar-refractivity contribution in [2.45, 2.75) is 79.1 Å². The third kappa shape index (κ3) is 7.95. The highest BCUT2D eigenvalue weighted by Crippen LogP contribution is 2.46. The largest absolute Gasteiger partial charge is 0.431 e. The van der Waals surface area contributed by atoms with Crippen molar-refractivity contribution in [3.8, 4) is 34.8 Å². The minimum atomic E-state index is -0.797. The van der Waals surface area contributed by atoms with Crippen molar-refractivity contribution in [3.63, 3.8) is 0 Å². The van der Waals surface area contributed by atoms with Crippen LogP contribution in [0.5, 0.6) is 11.5 Å². The van der Waals surface area contributed by atoms with Crippen LogP contribution in [0.4, 0.5) is 0 Å². The lowest BCUT2D eigenvalue weighted by Crippen LogP contribution is -2.30. The standard InChI is InChI=1S/C44H44N6O4/c1-43(2)23-33(35(27-45)37(25-43)49-19-7-8-20-49)36(28-46)41(51)53-31-15-11-29(12-16-31)30-13-17-32(18-14-30)54-42(52)40(48-6)34-24-44(3,4)26-38(39(34)47-5)50-21-9-10-22-50/h11-18H,7-10,19-26H2,1-4H3/b36-33+,40-34-. The molecule has 0 unspecified atom stereocenters. The summed E-state index contributed by atoms with van der Waals surface area (Å²) < 4.78 is 11.3. The van der Waals surface area contributed by atoms with Gasteiger partial charge in [0.2, 0.25) is 0 Å². The Morgan fingerprint density at radius 1 is 0.685 bits per heavy atom. The van der Waals surface area contributed by atoms with Crippen LogP contribution in [0.1, 0.15) is 79.1 Å². The number of hydrogen-bond donors (Lipinski definition) is 0. The summed E-state index contributed by atoms with van der Waals surface area (Å²) >= 11 is 0. The van der Waals surface area contributed by atoms with Crippen LogP contribution < -0.4 is 9.47 Å². The van der Waals surface area contributed by atoms with Crippen LogP contribution in [0, 0.1) is 46.6 Å². The zero-order chi connectivity index (χ0) is 38.6. The second-order valence-electron chi connectivity index (χ2n) is 16.0. The number of nitriles is 2. The number of carbonyl (C=O) groups is 2. The number of carbonyl (C=O) groups excluding carboxylic acids is 2. The molecule has 2 fully saturated rings. The van der Waals surface area contributed by atoms with E-state index in [0.29, 0.717) is 41.7 Å². The van der Waals surface area contributed by atoms with Gasteiger partial charge in [0.05, 0.1) is 18.7 Å². The van der Waals surface area contributed by atoms with Crippen molar-refractivity contribution in [2.75, 3.05) is 26.2 Å². The molecule has 0 aromatic heterocycles. The molecule has 0 saturated carbocycles. The Balaban J connectivity index is 1.17. The molecule has 10 nitrogen and oxygen atoms in total. The van der Waals surface area contributed by atoms with Crippen molar-refractivity contribution in [3.05, 3.63) is 116 Å². The van der Waals surface area contributed by atoms with E-state index in [-0.39, 0.29) is 33.6 Å². The quantitative estimate of drug-likeness (QED) is 0.0916. The second-order valence-corrected chi connectivity index (χ2v) is 16.0. The van der Waals surface area contributed by atoms with Crippen LogP contribution in [0.15, 0.2) is 93.6 Å². The average Bonchev–Trinajstić information content (AvgIpc) is 3.88. The molecule has 2 aliphatic heterocycles. The minimum absolute atomic E-state index is 0.150. The number of nitrogens with zero attached hydrogens (tertiary/aromatic N) is 6. The fraction of sp³-hybridized carbons (Fsp3) is 0.409. The Hall–Kier alpha value is -6.10. The zero-order valence-corrected chi connectivity index (χ0v) is 31.4. The number of hydrogen-bond acceptors (Lipinski definition) is 8. The third-order valence-corrected chi connectivity index (χ3v) is 10.6. The molecule has 54 heavy (non-hydrogen) atoms. The van der Waals surface area contributed by atoms with Crippen LogP contribution in [0.25, 0.3) is 20.8 Å². The number of ether oxygens (including phenoxy) is 2. The molecule has 0 atom stereocenters. The van der Waals surface area contributed by atoms with E-state index in [1.54, 1.807) is 48.5 Å². The Bertz CT molecular complexity index is 1990. The fourth-order valence-corrected chi connectivity index (χ4v) is 8.08. The van der Waals surface area contributed by atoms with Crippen molar-refractivity contribution >= 4 is 11.9 Å². The predicted molar refractivity (Wildman–Crippen MR) is 203 cm³/mol. The van der Waals surface area contributed by atoms with Gasteiger partial charge in [0, 0.05) is 37.6 Å². The van der Waals surface area contributed by atoms with Crippen LogP contribution in [-0.2, 0) is 9.59 Å². The van der Waals surface area contributed by atoms with Gasteiger partial charge in [0.25, 0.3) is 5.70 Å². The molecule has 4 aliphatic rings. The Morgan fingerprint density at radius 3 is 1.61 bits per heavy atom. The van der Waals surface area contributed by atoms with Gasteiger partial charge in [-0.1, -0.05) is 52.0 Å². The van der Waals surface area contributed by atoms with E-state index >= 15 is 0 Å². The van der Waals surface area contributed by atoms with E-state index < -0.39 is 11.9 Å². The SMILES string of the molecule is [C-]#[N+]C1=C(N2CCCC2)CC(C)(C)C/C1=C(/[N+]#[C-])C(=O)Oc1ccc(-c2ccc(OC(=O)/C(C#N)=C3\CC(C)(C)CC(N4CCCC4)=C3C#N)cc2)cc1. The van der Waals surface area contributed by atoms with Crippen LogP contribution in [0.3, 0.4) is 0 Å². The van der Waals surface area contributed by atoms with Crippen molar-refractivity contribution in [1.29, 1.82) is 10.5 Å². The summed E-state index contributed by atoms with van der Waals surface area (Å²) in [5.74, 6) is -1.06. The highest BCUT2D eigenvalue weighted by Gasteiger charge is 2.38. The summed E-state index contributed by atoms with van der Waals surface area (Å²) in [7, 11) is 0. The summed E-state index contributed by atoms with van der Waals surface area (Å²) in [6.45, 7) is 27.7. The molecule has 0 radical (unpaired) electrons. The molecule has 2 aromatic rings. The molecule has 2 aliphatic carbocycles. The van der Waals surface area contributed by atoms with Crippen LogP contribution >= 0.6 is 0 Å². The highest BCUT2D eigenvalue weighted by atomic mass is 16.5. The molecule has 2 aromatic carbocycles. The van der Waals surface area contributed by atoms with Crippen LogP contribution in [0.2, 0.25) is 0 Å². The van der Waals surface area contributed by atoms with Gasteiger partial charge in [0.1, 0.15) is 29.2 Å². The molecule has 0 bridgehead atoms. The number of allylic oxidation sites excluding steroid dienone is 5. The van der Waals surface area contributed by atoms with Gasteiger partial charge in [0.15, 0.2) is 5.70 Å². The summed E-state index contributed by atoms with van der Waals surface area (Å²) in [4.78, 5) is 38.7. The molecule has 274 valence electrons. The zero-order valence-electron chi connectivity index (χ0n) is 31.4. The summed E-state index contributed by atoms with van der Waals surface area (Å²) in [6.07, 6.45) is 6.49. The van der Waals surface area contributed by atoms with Gasteiger partial charge >= 0.3 is 11.9 Å². The monoisotopic (exact) mass is 720 g/mol. The van der Waals surface area contributed by atoms with Crippen molar-refractivity contribution in [2.24, 2.45) is 10.8 Å². The van der Waals surface area contributed by atoms with Gasteiger partial charge in [-0.2, -0.15) is 10.5 Å². The topological polar surface area (TPSA) is 115 Å². The predicted octanol–water partition coefficient (Wildman–Crippen LogP) is 8.90. The van der Waals surface area contributed by atoms with Gasteiger partial charge in [-0.15, -0.1) is 0 Å². The first-order chi connectivity index (χ1) is 25.9. The normalized spacial score (nSPS) is 21.0. The van der Waals surface area contributed by atoms with Gasteiger partial charge in [-0.05, 0) is 109 Å². The number of likely N-dealkylation sites (tertiary alicyclic amines) is 2. The van der Waals surface area contributed by atoms with E-state index in [4.69, 9.17) is 22.6 Å². The lowest BCUT2D eigenvalue weighted by molar-refractivity contribution is -0.130.